The van der Waals surface area contributed by atoms with Crippen LogP contribution in [0.3, 0.4) is 0 Å². The lowest BCUT2D eigenvalue weighted by atomic mass is 10.2. The van der Waals surface area contributed by atoms with Crippen LogP contribution in [0.25, 0.3) is 0 Å². The fraction of sp³-hybridized carbons (Fsp3) is 0.333. The van der Waals surface area contributed by atoms with Crippen molar-refractivity contribution in [3.05, 3.63) is 28.2 Å². The molecule has 0 atom stereocenters. The number of rotatable bonds is 1. The molecular formula is C12H12BrN3O. The number of benzene rings is 1. The van der Waals surface area contributed by atoms with Crippen molar-refractivity contribution in [2.24, 2.45) is 0 Å². The number of nitrogens with one attached hydrogen (secondary N) is 1. The van der Waals surface area contributed by atoms with Crippen molar-refractivity contribution in [3.8, 4) is 6.07 Å². The molecule has 4 nitrogen and oxygen atoms in total. The van der Waals surface area contributed by atoms with Gasteiger partial charge in [0.05, 0.1) is 18.2 Å². The topological polar surface area (TPSA) is 56.1 Å². The summed E-state index contributed by atoms with van der Waals surface area (Å²) in [7, 11) is 0. The van der Waals surface area contributed by atoms with Gasteiger partial charge in [0.15, 0.2) is 0 Å². The highest BCUT2D eigenvalue weighted by Gasteiger charge is 2.15. The number of carbonyl (C=O) groups is 1. The average molecular weight is 294 g/mol. The molecule has 88 valence electrons. The summed E-state index contributed by atoms with van der Waals surface area (Å²) >= 11 is 3.38. The SMILES string of the molecule is N#Cc1cc(Br)cc(N2CCCNC(=O)C2)c1. The van der Waals surface area contributed by atoms with E-state index < -0.39 is 0 Å². The van der Waals surface area contributed by atoms with Crippen LogP contribution >= 0.6 is 15.9 Å². The van der Waals surface area contributed by atoms with Crippen LogP contribution in [0, 0.1) is 11.3 Å². The van der Waals surface area contributed by atoms with Crippen molar-refractivity contribution in [2.75, 3.05) is 24.5 Å². The van der Waals surface area contributed by atoms with Gasteiger partial charge in [-0.05, 0) is 24.6 Å². The minimum Gasteiger partial charge on any atom is -0.362 e. The summed E-state index contributed by atoms with van der Waals surface area (Å²) in [5, 5.41) is 11.8. The Kier molecular flexibility index (Phi) is 3.64. The molecule has 0 saturated carbocycles. The molecule has 0 radical (unpaired) electrons. The number of hydrogen-bond acceptors (Lipinski definition) is 3. The fourth-order valence-corrected chi connectivity index (χ4v) is 2.33. The van der Waals surface area contributed by atoms with Gasteiger partial charge in [0.2, 0.25) is 5.91 Å². The Balaban J connectivity index is 2.29. The molecule has 1 aromatic carbocycles. The predicted molar refractivity (Wildman–Crippen MR) is 68.7 cm³/mol. The van der Waals surface area contributed by atoms with Crippen molar-refractivity contribution in [1.29, 1.82) is 5.26 Å². The van der Waals surface area contributed by atoms with Crippen molar-refractivity contribution in [2.45, 2.75) is 6.42 Å². The van der Waals surface area contributed by atoms with Gasteiger partial charge in [-0.2, -0.15) is 5.26 Å². The average Bonchev–Trinajstić information content (AvgIpc) is 2.53. The van der Waals surface area contributed by atoms with E-state index in [-0.39, 0.29) is 5.91 Å². The first-order valence-corrected chi connectivity index (χ1v) is 6.20. The van der Waals surface area contributed by atoms with Gasteiger partial charge in [0.25, 0.3) is 0 Å². The summed E-state index contributed by atoms with van der Waals surface area (Å²) in [5.74, 6) is 0.0287. The first-order chi connectivity index (χ1) is 8.19. The molecule has 0 aliphatic carbocycles. The Morgan fingerprint density at radius 3 is 3.00 bits per heavy atom. The minimum absolute atomic E-state index is 0.0287. The number of nitriles is 1. The molecule has 1 heterocycles. The first kappa shape index (κ1) is 11.9. The second-order valence-electron chi connectivity index (χ2n) is 3.93. The number of amides is 1. The van der Waals surface area contributed by atoms with Gasteiger partial charge in [-0.3, -0.25) is 4.79 Å². The van der Waals surface area contributed by atoms with E-state index in [1.807, 2.05) is 17.0 Å². The summed E-state index contributed by atoms with van der Waals surface area (Å²) in [5.41, 5.74) is 1.51. The molecular weight excluding hydrogens is 282 g/mol. The Bertz CT molecular complexity index is 481. The molecule has 1 aromatic rings. The Morgan fingerprint density at radius 2 is 2.24 bits per heavy atom. The zero-order valence-electron chi connectivity index (χ0n) is 9.24. The lowest BCUT2D eigenvalue weighted by Crippen LogP contribution is -2.33. The van der Waals surface area contributed by atoms with Crippen molar-refractivity contribution in [1.82, 2.24) is 5.32 Å². The summed E-state index contributed by atoms with van der Waals surface area (Å²) < 4.78 is 0.858. The molecule has 17 heavy (non-hydrogen) atoms. The van der Waals surface area contributed by atoms with E-state index in [4.69, 9.17) is 5.26 Å². The van der Waals surface area contributed by atoms with Crippen molar-refractivity contribution in [3.63, 3.8) is 0 Å². The number of halogens is 1. The zero-order valence-corrected chi connectivity index (χ0v) is 10.8. The highest BCUT2D eigenvalue weighted by Crippen LogP contribution is 2.23. The molecule has 1 saturated heterocycles. The van der Waals surface area contributed by atoms with Gasteiger partial charge in [-0.15, -0.1) is 0 Å². The molecule has 5 heteroatoms. The summed E-state index contributed by atoms with van der Waals surface area (Å²) in [6, 6.07) is 7.62. The van der Waals surface area contributed by atoms with Gasteiger partial charge in [0, 0.05) is 23.2 Å². The minimum atomic E-state index is 0.0287. The molecule has 0 spiro atoms. The van der Waals surface area contributed by atoms with Gasteiger partial charge < -0.3 is 10.2 Å². The van der Waals surface area contributed by atoms with E-state index >= 15 is 0 Å². The highest BCUT2D eigenvalue weighted by molar-refractivity contribution is 9.10. The van der Waals surface area contributed by atoms with E-state index in [1.165, 1.54) is 0 Å². The van der Waals surface area contributed by atoms with Crippen molar-refractivity contribution >= 4 is 27.5 Å². The van der Waals surface area contributed by atoms with E-state index in [1.54, 1.807) is 6.07 Å². The second kappa shape index (κ2) is 5.19. The molecule has 1 aliphatic heterocycles. The van der Waals surface area contributed by atoms with Crippen LogP contribution in [-0.4, -0.2) is 25.5 Å². The van der Waals surface area contributed by atoms with Gasteiger partial charge in [-0.25, -0.2) is 0 Å². The molecule has 1 amide bonds. The second-order valence-corrected chi connectivity index (χ2v) is 4.85. The third kappa shape index (κ3) is 2.98. The van der Waals surface area contributed by atoms with E-state index in [0.29, 0.717) is 18.7 Å². The Hall–Kier alpha value is -1.54. The number of carbonyl (C=O) groups excluding carboxylic acids is 1. The van der Waals surface area contributed by atoms with Crippen LogP contribution in [0.1, 0.15) is 12.0 Å². The molecule has 0 aromatic heterocycles. The Morgan fingerprint density at radius 1 is 1.41 bits per heavy atom. The third-order valence-corrected chi connectivity index (χ3v) is 3.10. The van der Waals surface area contributed by atoms with Gasteiger partial charge >= 0.3 is 0 Å². The normalized spacial score (nSPS) is 16.0. The van der Waals surface area contributed by atoms with Crippen LogP contribution in [0.15, 0.2) is 22.7 Å². The molecule has 0 unspecified atom stereocenters. The zero-order chi connectivity index (χ0) is 12.3. The lowest BCUT2D eigenvalue weighted by molar-refractivity contribution is -0.119. The summed E-state index contributed by atoms with van der Waals surface area (Å²) in [6.45, 7) is 1.88. The smallest absolute Gasteiger partial charge is 0.239 e. The molecule has 2 rings (SSSR count). The monoisotopic (exact) mass is 293 g/mol. The summed E-state index contributed by atoms with van der Waals surface area (Å²) in [4.78, 5) is 13.5. The number of hydrogen-bond donors (Lipinski definition) is 1. The van der Waals surface area contributed by atoms with Crippen LogP contribution in [0.5, 0.6) is 0 Å². The van der Waals surface area contributed by atoms with Crippen LogP contribution in [-0.2, 0) is 4.79 Å². The van der Waals surface area contributed by atoms with E-state index in [9.17, 15) is 4.79 Å². The number of nitrogens with zero attached hydrogens (tertiary/aromatic N) is 2. The lowest BCUT2D eigenvalue weighted by Gasteiger charge is -2.21. The van der Waals surface area contributed by atoms with Gasteiger partial charge in [0.1, 0.15) is 0 Å². The molecule has 0 bridgehead atoms. The maximum atomic E-state index is 11.5. The van der Waals surface area contributed by atoms with E-state index in [0.717, 1.165) is 23.1 Å². The molecule has 1 fully saturated rings. The predicted octanol–water partition coefficient (Wildman–Crippen LogP) is 1.65. The summed E-state index contributed by atoms with van der Waals surface area (Å²) in [6.07, 6.45) is 0.917. The fourth-order valence-electron chi connectivity index (χ4n) is 1.85. The standard InChI is InChI=1S/C12H12BrN3O/c13-10-4-9(7-14)5-11(6-10)16-3-1-2-15-12(17)8-16/h4-6H,1-3,8H2,(H,15,17). The molecule has 1 aliphatic rings. The maximum Gasteiger partial charge on any atom is 0.239 e. The van der Waals surface area contributed by atoms with Crippen LogP contribution in [0.4, 0.5) is 5.69 Å². The Labute approximate surface area is 108 Å². The van der Waals surface area contributed by atoms with Crippen LogP contribution in [0.2, 0.25) is 0 Å². The quantitative estimate of drug-likeness (QED) is 0.857. The molecule has 1 N–H and O–H groups in total. The maximum absolute atomic E-state index is 11.5. The number of anilines is 1. The highest BCUT2D eigenvalue weighted by atomic mass is 79.9. The first-order valence-electron chi connectivity index (χ1n) is 5.41. The van der Waals surface area contributed by atoms with Crippen molar-refractivity contribution < 1.29 is 4.79 Å². The van der Waals surface area contributed by atoms with E-state index in [2.05, 4.69) is 27.3 Å². The van der Waals surface area contributed by atoms with Gasteiger partial charge in [-0.1, -0.05) is 15.9 Å². The van der Waals surface area contributed by atoms with Crippen LogP contribution < -0.4 is 10.2 Å². The largest absolute Gasteiger partial charge is 0.362 e. The third-order valence-electron chi connectivity index (χ3n) is 2.64.